The molecule has 2 N–H and O–H groups in total. The summed E-state index contributed by atoms with van der Waals surface area (Å²) >= 11 is 0. The highest BCUT2D eigenvalue weighted by Gasteiger charge is 2.17. The summed E-state index contributed by atoms with van der Waals surface area (Å²) in [5, 5.41) is 11.3. The van der Waals surface area contributed by atoms with Crippen molar-refractivity contribution in [3.05, 3.63) is 90.3 Å². The summed E-state index contributed by atoms with van der Waals surface area (Å²) in [5.41, 5.74) is 6.30. The van der Waals surface area contributed by atoms with Crippen molar-refractivity contribution in [1.82, 2.24) is 15.0 Å². The molecule has 0 aliphatic heterocycles. The summed E-state index contributed by atoms with van der Waals surface area (Å²) < 4.78 is 0. The SMILES string of the molecule is Cc1ccc(Nc2nc(Nc3ccc(C)cc3)c3ccc4ncnc5ccc2c3c54)cc1. The van der Waals surface area contributed by atoms with E-state index in [1.807, 2.05) is 12.1 Å². The van der Waals surface area contributed by atoms with Crippen molar-refractivity contribution in [3.8, 4) is 0 Å². The Balaban J connectivity index is 1.61. The number of hydrogen-bond acceptors (Lipinski definition) is 5. The Bertz CT molecular complexity index is 1460. The van der Waals surface area contributed by atoms with Gasteiger partial charge in [0.15, 0.2) is 0 Å². The van der Waals surface area contributed by atoms with Gasteiger partial charge in [-0.2, -0.15) is 0 Å². The number of benzene rings is 4. The molecule has 2 aromatic heterocycles. The molecule has 0 fully saturated rings. The number of pyridine rings is 1. The molecule has 154 valence electrons. The van der Waals surface area contributed by atoms with E-state index >= 15 is 0 Å². The number of rotatable bonds is 4. The fourth-order valence-corrected chi connectivity index (χ4v) is 4.19. The predicted octanol–water partition coefficient (Wildman–Crippen LogP) is 6.87. The van der Waals surface area contributed by atoms with Crippen molar-refractivity contribution < 1.29 is 0 Å². The van der Waals surface area contributed by atoms with E-state index in [2.05, 4.69) is 95.1 Å². The smallest absolute Gasteiger partial charge is 0.140 e. The predicted molar refractivity (Wildman–Crippen MR) is 132 cm³/mol. The molecular weight excluding hydrogens is 394 g/mol. The van der Waals surface area contributed by atoms with E-state index in [4.69, 9.17) is 4.98 Å². The molecule has 0 unspecified atom stereocenters. The second kappa shape index (κ2) is 7.17. The lowest BCUT2D eigenvalue weighted by Gasteiger charge is -2.17. The third-order valence-electron chi connectivity index (χ3n) is 5.87. The van der Waals surface area contributed by atoms with E-state index in [1.54, 1.807) is 6.33 Å². The summed E-state index contributed by atoms with van der Waals surface area (Å²) in [6, 6.07) is 24.9. The Kier molecular flexibility index (Phi) is 4.15. The van der Waals surface area contributed by atoms with Gasteiger partial charge in [-0.15, -0.1) is 0 Å². The van der Waals surface area contributed by atoms with E-state index in [1.165, 1.54) is 11.1 Å². The standard InChI is InChI=1S/C27H21N5/c1-16-3-7-18(8-4-16)30-26-20-11-13-22-25-23(29-15-28-22)14-12-21(24(20)25)27(32-26)31-19-9-5-17(2)6-10-19/h3-15H,1-2H3,(H2,30,31,32). The summed E-state index contributed by atoms with van der Waals surface area (Å²) in [7, 11) is 0. The van der Waals surface area contributed by atoms with Crippen molar-refractivity contribution in [1.29, 1.82) is 0 Å². The lowest BCUT2D eigenvalue weighted by Crippen LogP contribution is -2.02. The fourth-order valence-electron chi connectivity index (χ4n) is 4.19. The molecule has 0 spiro atoms. The zero-order valence-electron chi connectivity index (χ0n) is 17.8. The van der Waals surface area contributed by atoms with Crippen LogP contribution in [0, 0.1) is 13.8 Å². The van der Waals surface area contributed by atoms with Crippen LogP contribution in [-0.2, 0) is 0 Å². The van der Waals surface area contributed by atoms with E-state index in [9.17, 15) is 0 Å². The van der Waals surface area contributed by atoms with Crippen LogP contribution >= 0.6 is 0 Å². The summed E-state index contributed by atoms with van der Waals surface area (Å²) in [6.07, 6.45) is 1.62. The van der Waals surface area contributed by atoms with Crippen LogP contribution in [0.2, 0.25) is 0 Å². The van der Waals surface area contributed by atoms with Gasteiger partial charge in [0.25, 0.3) is 0 Å². The molecule has 6 rings (SSSR count). The molecule has 0 saturated heterocycles. The molecule has 0 aliphatic rings. The van der Waals surface area contributed by atoms with Crippen molar-refractivity contribution in [2.45, 2.75) is 13.8 Å². The number of nitrogens with one attached hydrogen (secondary N) is 2. The molecule has 0 saturated carbocycles. The average Bonchev–Trinajstić information content (AvgIpc) is 2.82. The van der Waals surface area contributed by atoms with Gasteiger partial charge in [0, 0.05) is 32.9 Å². The van der Waals surface area contributed by atoms with Crippen LogP contribution in [0.25, 0.3) is 32.6 Å². The number of nitrogens with zero attached hydrogens (tertiary/aromatic N) is 3. The Morgan fingerprint density at radius 1 is 0.531 bits per heavy atom. The molecule has 4 aromatic carbocycles. The van der Waals surface area contributed by atoms with Gasteiger partial charge in [-0.05, 0) is 62.4 Å². The molecule has 5 heteroatoms. The molecule has 6 aromatic rings. The molecule has 5 nitrogen and oxygen atoms in total. The minimum Gasteiger partial charge on any atom is -0.340 e. The minimum atomic E-state index is 0.800. The van der Waals surface area contributed by atoms with Crippen LogP contribution in [0.15, 0.2) is 79.1 Å². The highest BCUT2D eigenvalue weighted by atomic mass is 15.1. The Hall–Kier alpha value is -4.25. The quantitative estimate of drug-likeness (QED) is 0.308. The summed E-state index contributed by atoms with van der Waals surface area (Å²) in [5.74, 6) is 1.60. The van der Waals surface area contributed by atoms with Gasteiger partial charge in [0.2, 0.25) is 0 Å². The third-order valence-corrected chi connectivity index (χ3v) is 5.87. The second-order valence-electron chi connectivity index (χ2n) is 8.18. The van der Waals surface area contributed by atoms with Gasteiger partial charge in [0.05, 0.1) is 11.0 Å². The maximum absolute atomic E-state index is 5.03. The van der Waals surface area contributed by atoms with E-state index in [0.29, 0.717) is 0 Å². The van der Waals surface area contributed by atoms with Crippen LogP contribution < -0.4 is 10.6 Å². The van der Waals surface area contributed by atoms with E-state index in [-0.39, 0.29) is 0 Å². The van der Waals surface area contributed by atoms with Crippen molar-refractivity contribution in [2.24, 2.45) is 0 Å². The van der Waals surface area contributed by atoms with Gasteiger partial charge in [-0.3, -0.25) is 0 Å². The van der Waals surface area contributed by atoms with Crippen LogP contribution in [0.1, 0.15) is 11.1 Å². The molecule has 0 bridgehead atoms. The van der Waals surface area contributed by atoms with Gasteiger partial charge >= 0.3 is 0 Å². The highest BCUT2D eigenvalue weighted by Crippen LogP contribution is 2.40. The molecule has 0 radical (unpaired) electrons. The highest BCUT2D eigenvalue weighted by molar-refractivity contribution is 6.25. The summed E-state index contributed by atoms with van der Waals surface area (Å²) in [6.45, 7) is 4.17. The largest absolute Gasteiger partial charge is 0.340 e. The van der Waals surface area contributed by atoms with E-state index in [0.717, 1.165) is 55.6 Å². The van der Waals surface area contributed by atoms with Gasteiger partial charge in [-0.1, -0.05) is 35.4 Å². The Labute approximate surface area is 185 Å². The Morgan fingerprint density at radius 3 is 1.47 bits per heavy atom. The van der Waals surface area contributed by atoms with Crippen LogP contribution in [0.3, 0.4) is 0 Å². The van der Waals surface area contributed by atoms with Crippen molar-refractivity contribution in [3.63, 3.8) is 0 Å². The molecule has 2 heterocycles. The lowest BCUT2D eigenvalue weighted by molar-refractivity contribution is 1.26. The van der Waals surface area contributed by atoms with Crippen LogP contribution in [0.4, 0.5) is 23.0 Å². The molecule has 0 amide bonds. The zero-order valence-corrected chi connectivity index (χ0v) is 17.8. The lowest BCUT2D eigenvalue weighted by atomic mass is 9.99. The minimum absolute atomic E-state index is 0.800. The van der Waals surface area contributed by atoms with Crippen molar-refractivity contribution in [2.75, 3.05) is 10.6 Å². The first kappa shape index (κ1) is 18.5. The van der Waals surface area contributed by atoms with Gasteiger partial charge in [0.1, 0.15) is 18.0 Å². The normalized spacial score (nSPS) is 11.4. The fraction of sp³-hybridized carbons (Fsp3) is 0.0741. The first-order valence-corrected chi connectivity index (χ1v) is 10.6. The maximum atomic E-state index is 5.03. The Morgan fingerprint density at radius 2 is 1.00 bits per heavy atom. The maximum Gasteiger partial charge on any atom is 0.140 e. The van der Waals surface area contributed by atoms with Crippen LogP contribution in [0.5, 0.6) is 0 Å². The molecule has 0 atom stereocenters. The molecular formula is C27H21N5. The zero-order chi connectivity index (χ0) is 21.7. The molecule has 0 aliphatic carbocycles. The third kappa shape index (κ3) is 3.06. The monoisotopic (exact) mass is 415 g/mol. The van der Waals surface area contributed by atoms with Gasteiger partial charge < -0.3 is 10.6 Å². The van der Waals surface area contributed by atoms with Crippen molar-refractivity contribution >= 4 is 55.6 Å². The number of anilines is 4. The summed E-state index contributed by atoms with van der Waals surface area (Å²) in [4.78, 5) is 14.0. The van der Waals surface area contributed by atoms with Gasteiger partial charge in [-0.25, -0.2) is 15.0 Å². The number of aromatic nitrogens is 3. The molecule has 32 heavy (non-hydrogen) atoms. The van der Waals surface area contributed by atoms with Crippen LogP contribution in [-0.4, -0.2) is 15.0 Å². The topological polar surface area (TPSA) is 62.7 Å². The van der Waals surface area contributed by atoms with E-state index < -0.39 is 0 Å². The number of hydrogen-bond donors (Lipinski definition) is 2. The first-order chi connectivity index (χ1) is 15.7. The average molecular weight is 416 g/mol. The first-order valence-electron chi connectivity index (χ1n) is 10.6. The second-order valence-corrected chi connectivity index (χ2v) is 8.18. The number of aryl methyl sites for hydroxylation is 2.